The lowest BCUT2D eigenvalue weighted by Gasteiger charge is -2.28. The molecule has 0 radical (unpaired) electrons. The Kier molecular flexibility index (Phi) is 4.84. The van der Waals surface area contributed by atoms with Gasteiger partial charge in [0.05, 0.1) is 24.3 Å². The zero-order valence-corrected chi connectivity index (χ0v) is 13.0. The van der Waals surface area contributed by atoms with Gasteiger partial charge >= 0.3 is 6.03 Å². The van der Waals surface area contributed by atoms with Crippen molar-refractivity contribution in [1.29, 1.82) is 0 Å². The van der Waals surface area contributed by atoms with E-state index >= 15 is 0 Å². The van der Waals surface area contributed by atoms with Crippen LogP contribution >= 0.6 is 0 Å². The number of anilines is 1. The van der Waals surface area contributed by atoms with E-state index in [4.69, 9.17) is 4.74 Å². The molecule has 0 bridgehead atoms. The maximum atomic E-state index is 12.4. The van der Waals surface area contributed by atoms with Crippen molar-refractivity contribution in [3.63, 3.8) is 0 Å². The largest absolute Gasteiger partial charge is 0.383 e. The summed E-state index contributed by atoms with van der Waals surface area (Å²) in [6, 6.07) is 1.04. The van der Waals surface area contributed by atoms with Crippen molar-refractivity contribution < 1.29 is 17.9 Å². The standard InChI is InChI=1S/C12H20N4O4S/c1-15-11(3-5-13-15)14-12(17)16(6-7-20-2)10-4-8-21(18,19)9-10/h3,5,10H,4,6-9H2,1-2H3,(H,14,17). The van der Waals surface area contributed by atoms with Gasteiger partial charge in [-0.1, -0.05) is 0 Å². The minimum Gasteiger partial charge on any atom is -0.383 e. The number of methoxy groups -OCH3 is 1. The number of hydrogen-bond donors (Lipinski definition) is 1. The summed E-state index contributed by atoms with van der Waals surface area (Å²) in [5.41, 5.74) is 0. The minimum atomic E-state index is -3.05. The van der Waals surface area contributed by atoms with Crippen LogP contribution in [0.15, 0.2) is 12.3 Å². The first-order valence-corrected chi connectivity index (χ1v) is 8.50. The average molecular weight is 316 g/mol. The Morgan fingerprint density at radius 3 is 2.90 bits per heavy atom. The van der Waals surface area contributed by atoms with Crippen LogP contribution < -0.4 is 5.32 Å². The third-order valence-corrected chi connectivity index (χ3v) is 5.25. The molecule has 1 aromatic heterocycles. The summed E-state index contributed by atoms with van der Waals surface area (Å²) in [4.78, 5) is 13.9. The van der Waals surface area contributed by atoms with Gasteiger partial charge in [0.1, 0.15) is 5.82 Å². The normalized spacial score (nSPS) is 20.4. The van der Waals surface area contributed by atoms with Crippen LogP contribution in [0.2, 0.25) is 0 Å². The molecule has 1 aliphatic heterocycles. The SMILES string of the molecule is COCCN(C(=O)Nc1ccnn1C)C1CCS(=O)(=O)C1. The van der Waals surface area contributed by atoms with Crippen LogP contribution in [-0.4, -0.2) is 66.9 Å². The molecule has 1 atom stereocenters. The summed E-state index contributed by atoms with van der Waals surface area (Å²) in [5, 5.41) is 6.72. The van der Waals surface area contributed by atoms with Crippen LogP contribution in [0.4, 0.5) is 10.6 Å². The van der Waals surface area contributed by atoms with Gasteiger partial charge in [0.15, 0.2) is 9.84 Å². The Bertz CT molecular complexity index is 598. The van der Waals surface area contributed by atoms with Gasteiger partial charge in [-0.05, 0) is 6.42 Å². The fraction of sp³-hybridized carbons (Fsp3) is 0.667. The van der Waals surface area contributed by atoms with Crippen LogP contribution in [0.1, 0.15) is 6.42 Å². The number of sulfone groups is 1. The lowest BCUT2D eigenvalue weighted by molar-refractivity contribution is 0.140. The first-order valence-electron chi connectivity index (χ1n) is 6.68. The highest BCUT2D eigenvalue weighted by Crippen LogP contribution is 2.19. The van der Waals surface area contributed by atoms with Gasteiger partial charge in [0, 0.05) is 32.8 Å². The second kappa shape index (κ2) is 6.44. The molecule has 1 aromatic rings. The van der Waals surface area contributed by atoms with Crippen molar-refractivity contribution in [2.45, 2.75) is 12.5 Å². The highest BCUT2D eigenvalue weighted by Gasteiger charge is 2.34. The van der Waals surface area contributed by atoms with Gasteiger partial charge in [0.2, 0.25) is 0 Å². The zero-order valence-electron chi connectivity index (χ0n) is 12.2. The van der Waals surface area contributed by atoms with Gasteiger partial charge in [0.25, 0.3) is 0 Å². The maximum Gasteiger partial charge on any atom is 0.323 e. The van der Waals surface area contributed by atoms with Gasteiger partial charge in [-0.15, -0.1) is 0 Å². The summed E-state index contributed by atoms with van der Waals surface area (Å²) in [6.07, 6.45) is 2.04. The Morgan fingerprint density at radius 2 is 2.38 bits per heavy atom. The predicted octanol–water partition coefficient (Wildman–Crippen LogP) is 0.0875. The van der Waals surface area contributed by atoms with E-state index in [9.17, 15) is 13.2 Å². The highest BCUT2D eigenvalue weighted by atomic mass is 32.2. The lowest BCUT2D eigenvalue weighted by Crippen LogP contribution is -2.45. The molecule has 2 heterocycles. The number of carbonyl (C=O) groups is 1. The molecule has 2 rings (SSSR count). The van der Waals surface area contributed by atoms with E-state index in [1.54, 1.807) is 26.4 Å². The van der Waals surface area contributed by atoms with Crippen LogP contribution in [-0.2, 0) is 21.6 Å². The minimum absolute atomic E-state index is 0.00945. The number of hydrogen-bond acceptors (Lipinski definition) is 5. The molecule has 2 amide bonds. The third kappa shape index (κ3) is 3.94. The first-order chi connectivity index (χ1) is 9.93. The molecular formula is C12H20N4O4S. The Labute approximate surface area is 124 Å². The number of urea groups is 1. The van der Waals surface area contributed by atoms with Crippen LogP contribution in [0.5, 0.6) is 0 Å². The molecular weight excluding hydrogens is 296 g/mol. The highest BCUT2D eigenvalue weighted by molar-refractivity contribution is 7.91. The summed E-state index contributed by atoms with van der Waals surface area (Å²) < 4.78 is 29.8. The molecule has 1 fully saturated rings. The van der Waals surface area contributed by atoms with Gasteiger partial charge in [-0.3, -0.25) is 10.00 Å². The fourth-order valence-electron chi connectivity index (χ4n) is 2.34. The van der Waals surface area contributed by atoms with E-state index in [0.717, 1.165) is 0 Å². The molecule has 1 unspecified atom stereocenters. The van der Waals surface area contributed by atoms with Gasteiger partial charge < -0.3 is 9.64 Å². The number of ether oxygens (including phenoxy) is 1. The number of amides is 2. The second-order valence-electron chi connectivity index (χ2n) is 5.01. The smallest absolute Gasteiger partial charge is 0.323 e. The third-order valence-electron chi connectivity index (χ3n) is 3.50. The van der Waals surface area contributed by atoms with Crippen molar-refractivity contribution >= 4 is 21.7 Å². The monoisotopic (exact) mass is 316 g/mol. The summed E-state index contributed by atoms with van der Waals surface area (Å²) in [5.74, 6) is 0.693. The van der Waals surface area contributed by atoms with Crippen molar-refractivity contribution in [2.24, 2.45) is 7.05 Å². The second-order valence-corrected chi connectivity index (χ2v) is 7.24. The molecule has 0 saturated carbocycles. The quantitative estimate of drug-likeness (QED) is 0.831. The maximum absolute atomic E-state index is 12.4. The van der Waals surface area contributed by atoms with Gasteiger partial charge in [-0.2, -0.15) is 5.10 Å². The van der Waals surface area contributed by atoms with Crippen molar-refractivity contribution in [1.82, 2.24) is 14.7 Å². The van der Waals surface area contributed by atoms with Gasteiger partial charge in [-0.25, -0.2) is 13.2 Å². The van der Waals surface area contributed by atoms with E-state index in [1.807, 2.05) is 0 Å². The summed E-state index contributed by atoms with van der Waals surface area (Å²) >= 11 is 0. The average Bonchev–Trinajstić information content (AvgIpc) is 2.97. The molecule has 1 N–H and O–H groups in total. The number of nitrogens with zero attached hydrogens (tertiary/aromatic N) is 3. The van der Waals surface area contributed by atoms with Crippen molar-refractivity contribution in [3.8, 4) is 0 Å². The molecule has 0 spiro atoms. The number of nitrogens with one attached hydrogen (secondary N) is 1. The number of aryl methyl sites for hydroxylation is 1. The number of aromatic nitrogens is 2. The summed E-state index contributed by atoms with van der Waals surface area (Å²) in [6.45, 7) is 0.704. The van der Waals surface area contributed by atoms with E-state index in [-0.39, 0.29) is 23.6 Å². The molecule has 8 nitrogen and oxygen atoms in total. The topological polar surface area (TPSA) is 93.5 Å². The number of rotatable bonds is 5. The molecule has 0 aliphatic carbocycles. The molecule has 1 saturated heterocycles. The van der Waals surface area contributed by atoms with Crippen molar-refractivity contribution in [2.75, 3.05) is 37.1 Å². The summed E-state index contributed by atoms with van der Waals surface area (Å²) in [7, 11) is 0.212. The van der Waals surface area contributed by atoms with Crippen LogP contribution in [0, 0.1) is 0 Å². The van der Waals surface area contributed by atoms with E-state index in [1.165, 1.54) is 9.58 Å². The van der Waals surface area contributed by atoms with Crippen LogP contribution in [0.3, 0.4) is 0 Å². The Balaban J connectivity index is 2.08. The lowest BCUT2D eigenvalue weighted by atomic mass is 10.2. The van der Waals surface area contributed by atoms with E-state index in [0.29, 0.717) is 25.4 Å². The van der Waals surface area contributed by atoms with Crippen LogP contribution in [0.25, 0.3) is 0 Å². The molecule has 1 aliphatic rings. The fourth-order valence-corrected chi connectivity index (χ4v) is 4.07. The number of carbonyl (C=O) groups excluding carboxylic acids is 1. The molecule has 0 aromatic carbocycles. The molecule has 9 heteroatoms. The van der Waals surface area contributed by atoms with E-state index in [2.05, 4.69) is 10.4 Å². The first kappa shape index (κ1) is 15.8. The Hall–Kier alpha value is -1.61. The Morgan fingerprint density at radius 1 is 1.62 bits per heavy atom. The van der Waals surface area contributed by atoms with Crippen molar-refractivity contribution in [3.05, 3.63) is 12.3 Å². The molecule has 21 heavy (non-hydrogen) atoms. The van der Waals surface area contributed by atoms with E-state index < -0.39 is 9.84 Å². The zero-order chi connectivity index (χ0) is 15.5. The predicted molar refractivity (Wildman–Crippen MR) is 77.9 cm³/mol. The molecule has 118 valence electrons.